The highest BCUT2D eigenvalue weighted by Gasteiger charge is 2.26. The molecular weight excluding hydrogens is 300 g/mol. The lowest BCUT2D eigenvalue weighted by Crippen LogP contribution is -2.42. The Kier molecular flexibility index (Phi) is 4.63. The number of ether oxygens (including phenoxy) is 1. The van der Waals surface area contributed by atoms with E-state index >= 15 is 0 Å². The lowest BCUT2D eigenvalue weighted by Gasteiger charge is -2.28. The maximum Gasteiger partial charge on any atom is 0.358 e. The van der Waals surface area contributed by atoms with E-state index in [4.69, 9.17) is 9.84 Å². The van der Waals surface area contributed by atoms with E-state index in [9.17, 15) is 9.59 Å². The van der Waals surface area contributed by atoms with Crippen molar-refractivity contribution in [1.82, 2.24) is 20.3 Å². The molecule has 0 spiro atoms. The monoisotopic (exact) mass is 318 g/mol. The van der Waals surface area contributed by atoms with Gasteiger partial charge in [-0.05, 0) is 19.9 Å². The average Bonchev–Trinajstić information content (AvgIpc) is 2.95. The third-order valence-electron chi connectivity index (χ3n) is 3.30. The average molecular weight is 318 g/mol. The first kappa shape index (κ1) is 16.5. The fourth-order valence-corrected chi connectivity index (χ4v) is 2.24. The first-order valence-corrected chi connectivity index (χ1v) is 6.91. The third-order valence-corrected chi connectivity index (χ3v) is 3.30. The van der Waals surface area contributed by atoms with Crippen molar-refractivity contribution in [1.29, 1.82) is 0 Å². The summed E-state index contributed by atoms with van der Waals surface area (Å²) in [6.07, 6.45) is 1.21. The molecule has 1 aromatic carbocycles. The molecule has 8 heteroatoms. The van der Waals surface area contributed by atoms with E-state index in [1.54, 1.807) is 7.11 Å². The Morgan fingerprint density at radius 2 is 2.04 bits per heavy atom. The molecule has 1 amide bonds. The van der Waals surface area contributed by atoms with Gasteiger partial charge in [0, 0.05) is 5.56 Å². The number of hydrogen-bond acceptors (Lipinski definition) is 5. The van der Waals surface area contributed by atoms with Gasteiger partial charge >= 0.3 is 5.97 Å². The minimum absolute atomic E-state index is 0.126. The van der Waals surface area contributed by atoms with E-state index in [1.165, 1.54) is 10.9 Å². The lowest BCUT2D eigenvalue weighted by molar-refractivity contribution is -0.123. The number of nitrogens with one attached hydrogen (secondary N) is 1. The van der Waals surface area contributed by atoms with Crippen molar-refractivity contribution in [3.05, 3.63) is 41.7 Å². The molecule has 0 saturated carbocycles. The highest BCUT2D eigenvalue weighted by molar-refractivity contribution is 5.84. The van der Waals surface area contributed by atoms with Crippen molar-refractivity contribution in [3.8, 4) is 5.75 Å². The SMILES string of the molecule is COc1ccccc1C(C)(C)NC(=O)Cn1cc(C(=O)O)nn1. The van der Waals surface area contributed by atoms with Crippen LogP contribution in [0.25, 0.3) is 0 Å². The Hall–Kier alpha value is -2.90. The lowest BCUT2D eigenvalue weighted by atomic mass is 9.93. The van der Waals surface area contributed by atoms with E-state index < -0.39 is 11.5 Å². The number of carboxylic acids is 1. The maximum atomic E-state index is 12.2. The van der Waals surface area contributed by atoms with Crippen LogP contribution in [0.1, 0.15) is 29.9 Å². The Bertz CT molecular complexity index is 724. The number of carbonyl (C=O) groups excluding carboxylic acids is 1. The van der Waals surface area contributed by atoms with Gasteiger partial charge in [-0.15, -0.1) is 5.10 Å². The summed E-state index contributed by atoms with van der Waals surface area (Å²) < 4.78 is 6.49. The van der Waals surface area contributed by atoms with Crippen LogP contribution in [0.2, 0.25) is 0 Å². The molecule has 0 unspecified atom stereocenters. The summed E-state index contributed by atoms with van der Waals surface area (Å²) in [7, 11) is 1.57. The fourth-order valence-electron chi connectivity index (χ4n) is 2.24. The van der Waals surface area contributed by atoms with Crippen molar-refractivity contribution in [2.24, 2.45) is 0 Å². The number of aromatic carboxylic acids is 1. The van der Waals surface area contributed by atoms with Crippen molar-refractivity contribution in [2.45, 2.75) is 25.9 Å². The van der Waals surface area contributed by atoms with Crippen molar-refractivity contribution in [3.63, 3.8) is 0 Å². The smallest absolute Gasteiger partial charge is 0.358 e. The number of hydrogen-bond donors (Lipinski definition) is 2. The number of benzene rings is 1. The standard InChI is InChI=1S/C15H18N4O4/c1-15(2,10-6-4-5-7-12(10)23-3)16-13(20)9-19-8-11(14(21)22)17-18-19/h4-8H,9H2,1-3H3,(H,16,20)(H,21,22). The highest BCUT2D eigenvalue weighted by atomic mass is 16.5. The van der Waals surface area contributed by atoms with E-state index in [2.05, 4.69) is 15.6 Å². The summed E-state index contributed by atoms with van der Waals surface area (Å²) in [4.78, 5) is 22.9. The predicted octanol–water partition coefficient (Wildman–Crippen LogP) is 1.04. The van der Waals surface area contributed by atoms with Crippen LogP contribution in [-0.4, -0.2) is 39.1 Å². The largest absolute Gasteiger partial charge is 0.496 e. The molecule has 0 atom stereocenters. The van der Waals surface area contributed by atoms with Crippen LogP contribution in [-0.2, 0) is 16.9 Å². The molecule has 0 aliphatic heterocycles. The number of rotatable bonds is 6. The fraction of sp³-hybridized carbons (Fsp3) is 0.333. The highest BCUT2D eigenvalue weighted by Crippen LogP contribution is 2.29. The normalized spacial score (nSPS) is 11.1. The van der Waals surface area contributed by atoms with Crippen molar-refractivity contribution < 1.29 is 19.4 Å². The summed E-state index contributed by atoms with van der Waals surface area (Å²) >= 11 is 0. The molecule has 0 bridgehead atoms. The van der Waals surface area contributed by atoms with Gasteiger partial charge in [0.25, 0.3) is 0 Å². The number of nitrogens with zero attached hydrogens (tertiary/aromatic N) is 3. The number of aromatic nitrogens is 3. The number of carboxylic acid groups (broad SMARTS) is 1. The molecule has 1 aromatic heterocycles. The minimum atomic E-state index is -1.19. The van der Waals surface area contributed by atoms with Crippen LogP contribution in [0, 0.1) is 0 Å². The van der Waals surface area contributed by atoms with Crippen LogP contribution in [0.3, 0.4) is 0 Å². The van der Waals surface area contributed by atoms with Crippen LogP contribution in [0.15, 0.2) is 30.5 Å². The van der Waals surface area contributed by atoms with Gasteiger partial charge in [0.15, 0.2) is 5.69 Å². The second kappa shape index (κ2) is 6.47. The summed E-state index contributed by atoms with van der Waals surface area (Å²) in [5, 5.41) is 18.8. The van der Waals surface area contributed by atoms with E-state index in [0.29, 0.717) is 5.75 Å². The number of methoxy groups -OCH3 is 1. The van der Waals surface area contributed by atoms with Gasteiger partial charge in [-0.25, -0.2) is 9.48 Å². The zero-order valence-electron chi connectivity index (χ0n) is 13.1. The number of para-hydroxylation sites is 1. The molecule has 0 fully saturated rings. The third kappa shape index (κ3) is 3.85. The van der Waals surface area contributed by atoms with Gasteiger partial charge in [0.2, 0.25) is 5.91 Å². The molecule has 23 heavy (non-hydrogen) atoms. The Balaban J connectivity index is 2.10. The predicted molar refractivity (Wildman–Crippen MR) is 81.1 cm³/mol. The zero-order valence-corrected chi connectivity index (χ0v) is 13.1. The molecule has 0 radical (unpaired) electrons. The quantitative estimate of drug-likeness (QED) is 0.824. The van der Waals surface area contributed by atoms with Gasteiger partial charge in [-0.3, -0.25) is 4.79 Å². The van der Waals surface area contributed by atoms with Crippen molar-refractivity contribution >= 4 is 11.9 Å². The van der Waals surface area contributed by atoms with Crippen LogP contribution >= 0.6 is 0 Å². The zero-order chi connectivity index (χ0) is 17.0. The van der Waals surface area contributed by atoms with Crippen LogP contribution in [0.5, 0.6) is 5.75 Å². The summed E-state index contributed by atoms with van der Waals surface area (Å²) in [5.74, 6) is -0.833. The number of carbonyl (C=O) groups is 2. The second-order valence-corrected chi connectivity index (χ2v) is 5.48. The van der Waals surface area contributed by atoms with Gasteiger partial charge < -0.3 is 15.2 Å². The molecule has 0 aliphatic carbocycles. The first-order valence-electron chi connectivity index (χ1n) is 6.91. The second-order valence-electron chi connectivity index (χ2n) is 5.48. The number of amides is 1. The summed E-state index contributed by atoms with van der Waals surface area (Å²) in [6, 6.07) is 7.41. The molecule has 0 aliphatic rings. The van der Waals surface area contributed by atoms with Gasteiger partial charge in [0.1, 0.15) is 12.3 Å². The van der Waals surface area contributed by atoms with Crippen LogP contribution in [0.4, 0.5) is 0 Å². The molecule has 2 aromatic rings. The van der Waals surface area contributed by atoms with E-state index in [-0.39, 0.29) is 18.1 Å². The minimum Gasteiger partial charge on any atom is -0.496 e. The first-order chi connectivity index (χ1) is 10.8. The molecule has 1 heterocycles. The van der Waals surface area contributed by atoms with Gasteiger partial charge in [-0.2, -0.15) is 0 Å². The van der Waals surface area contributed by atoms with Crippen LogP contribution < -0.4 is 10.1 Å². The van der Waals surface area contributed by atoms with Crippen molar-refractivity contribution in [2.75, 3.05) is 7.11 Å². The molecule has 2 N–H and O–H groups in total. The van der Waals surface area contributed by atoms with Gasteiger partial charge in [-0.1, -0.05) is 23.4 Å². The van der Waals surface area contributed by atoms with E-state index in [1.807, 2.05) is 38.1 Å². The topological polar surface area (TPSA) is 106 Å². The Morgan fingerprint density at radius 3 is 2.65 bits per heavy atom. The molecule has 2 rings (SSSR count). The molecule has 0 saturated heterocycles. The maximum absolute atomic E-state index is 12.2. The molecular formula is C15H18N4O4. The molecule has 122 valence electrons. The van der Waals surface area contributed by atoms with Gasteiger partial charge in [0.05, 0.1) is 18.8 Å². The Labute approximate surface area is 133 Å². The Morgan fingerprint density at radius 1 is 1.35 bits per heavy atom. The summed E-state index contributed by atoms with van der Waals surface area (Å²) in [6.45, 7) is 3.58. The van der Waals surface area contributed by atoms with E-state index in [0.717, 1.165) is 5.56 Å². The summed E-state index contributed by atoms with van der Waals surface area (Å²) in [5.41, 5.74) is -0.0395. The molecule has 8 nitrogen and oxygen atoms in total.